The Morgan fingerprint density at radius 2 is 2.07 bits per heavy atom. The summed E-state index contributed by atoms with van der Waals surface area (Å²) in [6, 6.07) is 7.66. The number of ether oxygens (including phenoxy) is 2. The Bertz CT molecular complexity index is 803. The van der Waals surface area contributed by atoms with E-state index in [4.69, 9.17) is 14.0 Å². The molecule has 0 N–H and O–H groups in total. The molecule has 2 atom stereocenters. The topological polar surface area (TPSA) is 77.7 Å². The van der Waals surface area contributed by atoms with Gasteiger partial charge in [0.15, 0.2) is 6.61 Å². The smallest absolute Gasteiger partial charge is 0.260 e. The number of nitrogens with zero attached hydrogens (tertiary/aromatic N) is 3. The largest absolute Gasteiger partial charge is 0.484 e. The predicted molar refractivity (Wildman–Crippen MR) is 108 cm³/mol. The Morgan fingerprint density at radius 1 is 1.24 bits per heavy atom. The first-order valence-electron chi connectivity index (χ1n) is 10.7. The monoisotopic (exact) mass is 399 g/mol. The van der Waals surface area contributed by atoms with E-state index < -0.39 is 0 Å². The second-order valence-electron chi connectivity index (χ2n) is 7.78. The zero-order valence-electron chi connectivity index (χ0n) is 17.0. The van der Waals surface area contributed by atoms with Crippen molar-refractivity contribution in [2.45, 2.75) is 64.0 Å². The number of aromatic nitrogens is 2. The fourth-order valence-corrected chi connectivity index (χ4v) is 4.14. The Labute approximate surface area is 171 Å². The van der Waals surface area contributed by atoms with E-state index in [-0.39, 0.29) is 24.7 Å². The molecule has 2 aliphatic rings. The molecule has 0 radical (unpaired) electrons. The minimum atomic E-state index is 0.0352. The summed E-state index contributed by atoms with van der Waals surface area (Å²) >= 11 is 0. The van der Waals surface area contributed by atoms with Crippen LogP contribution in [-0.2, 0) is 16.0 Å². The van der Waals surface area contributed by atoms with Crippen LogP contribution < -0.4 is 4.74 Å². The number of aryl methyl sites for hydroxylation is 1. The van der Waals surface area contributed by atoms with Crippen LogP contribution in [0.4, 0.5) is 0 Å². The molecule has 1 saturated heterocycles. The minimum absolute atomic E-state index is 0.0352. The molecular formula is C22H29N3O4. The van der Waals surface area contributed by atoms with Gasteiger partial charge in [0, 0.05) is 18.5 Å². The fraction of sp³-hybridized carbons (Fsp3) is 0.591. The Balaban J connectivity index is 1.32. The maximum Gasteiger partial charge on any atom is 0.260 e. The van der Waals surface area contributed by atoms with Crippen LogP contribution in [0, 0.1) is 0 Å². The molecule has 0 spiro atoms. The summed E-state index contributed by atoms with van der Waals surface area (Å²) in [7, 11) is 0. The van der Waals surface area contributed by atoms with E-state index in [1.807, 2.05) is 29.2 Å². The zero-order chi connectivity index (χ0) is 20.1. The van der Waals surface area contributed by atoms with Crippen LogP contribution in [0.2, 0.25) is 0 Å². The number of carbonyl (C=O) groups excluding carboxylic acids is 1. The Kier molecular flexibility index (Phi) is 6.44. The number of fused-ring (bicyclic) bond motifs is 1. The summed E-state index contributed by atoms with van der Waals surface area (Å²) < 4.78 is 16.9. The van der Waals surface area contributed by atoms with Crippen molar-refractivity contribution in [2.75, 3.05) is 19.8 Å². The van der Waals surface area contributed by atoms with Crippen LogP contribution in [0.1, 0.15) is 51.3 Å². The lowest BCUT2D eigenvalue weighted by molar-refractivity contribution is -0.151. The van der Waals surface area contributed by atoms with Crippen molar-refractivity contribution in [1.29, 1.82) is 0 Å². The molecule has 2 fully saturated rings. The molecule has 7 nitrogen and oxygen atoms in total. The van der Waals surface area contributed by atoms with E-state index in [1.165, 1.54) is 6.42 Å². The second kappa shape index (κ2) is 9.39. The Hall–Kier alpha value is -2.41. The van der Waals surface area contributed by atoms with E-state index in [0.29, 0.717) is 30.6 Å². The van der Waals surface area contributed by atoms with Gasteiger partial charge >= 0.3 is 0 Å². The molecule has 29 heavy (non-hydrogen) atoms. The van der Waals surface area contributed by atoms with E-state index in [2.05, 4.69) is 17.1 Å². The first-order chi connectivity index (χ1) is 14.2. The van der Waals surface area contributed by atoms with E-state index in [0.717, 1.165) is 44.1 Å². The number of amides is 1. The maximum absolute atomic E-state index is 12.7. The molecule has 4 rings (SSSR count). The summed E-state index contributed by atoms with van der Waals surface area (Å²) in [5, 5.41) is 4.04. The minimum Gasteiger partial charge on any atom is -0.484 e. The van der Waals surface area contributed by atoms with Crippen LogP contribution in [0.25, 0.3) is 11.4 Å². The highest BCUT2D eigenvalue weighted by molar-refractivity contribution is 5.78. The summed E-state index contributed by atoms with van der Waals surface area (Å²) in [6.07, 6.45) is 7.54. The van der Waals surface area contributed by atoms with Crippen molar-refractivity contribution >= 4 is 5.91 Å². The number of hydrogen-bond donors (Lipinski definition) is 0. The standard InChI is InChI=1S/C22H29N3O4/c1-2-3-8-20-23-22(24-29-20)16-9-11-17(12-10-16)28-15-21(26)25-13-14-27-19-7-5-4-6-18(19)25/h9-12,18-19H,2-8,13-15H2,1H3. The van der Waals surface area contributed by atoms with Gasteiger partial charge in [-0.25, -0.2) is 0 Å². The van der Waals surface area contributed by atoms with Crippen LogP contribution in [0.15, 0.2) is 28.8 Å². The van der Waals surface area contributed by atoms with Gasteiger partial charge in [-0.05, 0) is 43.5 Å². The predicted octanol–water partition coefficient (Wildman–Crippen LogP) is 3.63. The highest BCUT2D eigenvalue weighted by Crippen LogP contribution is 2.28. The van der Waals surface area contributed by atoms with Crippen molar-refractivity contribution in [3.63, 3.8) is 0 Å². The molecule has 1 saturated carbocycles. The Morgan fingerprint density at radius 3 is 2.90 bits per heavy atom. The molecule has 0 bridgehead atoms. The fourth-order valence-electron chi connectivity index (χ4n) is 4.14. The lowest BCUT2D eigenvalue weighted by Gasteiger charge is -2.43. The quantitative estimate of drug-likeness (QED) is 0.708. The molecule has 1 aliphatic carbocycles. The third-order valence-electron chi connectivity index (χ3n) is 5.74. The molecule has 1 aromatic heterocycles. The van der Waals surface area contributed by atoms with Gasteiger partial charge in [-0.1, -0.05) is 31.3 Å². The first kappa shape index (κ1) is 19.9. The van der Waals surface area contributed by atoms with Crippen LogP contribution in [-0.4, -0.2) is 52.9 Å². The third kappa shape index (κ3) is 4.78. The SMILES string of the molecule is CCCCc1nc(-c2ccc(OCC(=O)N3CCOC4CCCCC43)cc2)no1. The molecule has 1 aliphatic heterocycles. The van der Waals surface area contributed by atoms with Crippen LogP contribution >= 0.6 is 0 Å². The molecule has 1 amide bonds. The van der Waals surface area contributed by atoms with Crippen molar-refractivity contribution in [3.8, 4) is 17.1 Å². The van der Waals surface area contributed by atoms with Gasteiger partial charge in [0.2, 0.25) is 11.7 Å². The van der Waals surface area contributed by atoms with Crippen molar-refractivity contribution in [2.24, 2.45) is 0 Å². The van der Waals surface area contributed by atoms with Gasteiger partial charge in [0.25, 0.3) is 5.91 Å². The average Bonchev–Trinajstić information content (AvgIpc) is 3.25. The van der Waals surface area contributed by atoms with Gasteiger partial charge in [-0.2, -0.15) is 4.98 Å². The summed E-state index contributed by atoms with van der Waals surface area (Å²) in [6.45, 7) is 3.45. The molecular weight excluding hydrogens is 370 g/mol. The lowest BCUT2D eigenvalue weighted by Crippen LogP contribution is -2.55. The number of unbranched alkanes of at least 4 members (excludes halogenated alkanes) is 1. The number of rotatable bonds is 7. The van der Waals surface area contributed by atoms with Crippen LogP contribution in [0.3, 0.4) is 0 Å². The van der Waals surface area contributed by atoms with Gasteiger partial charge in [0.05, 0.1) is 18.8 Å². The summed E-state index contributed by atoms with van der Waals surface area (Å²) in [5.74, 6) is 1.94. The van der Waals surface area contributed by atoms with Crippen molar-refractivity contribution in [1.82, 2.24) is 15.0 Å². The molecule has 2 heterocycles. The van der Waals surface area contributed by atoms with Gasteiger partial charge in [-0.3, -0.25) is 4.79 Å². The number of morpholine rings is 1. The van der Waals surface area contributed by atoms with Gasteiger partial charge in [-0.15, -0.1) is 0 Å². The molecule has 7 heteroatoms. The number of benzene rings is 1. The van der Waals surface area contributed by atoms with Gasteiger partial charge in [0.1, 0.15) is 5.75 Å². The molecule has 156 valence electrons. The molecule has 2 unspecified atom stereocenters. The normalized spacial score (nSPS) is 21.6. The zero-order valence-corrected chi connectivity index (χ0v) is 17.0. The highest BCUT2D eigenvalue weighted by Gasteiger charge is 2.36. The number of hydrogen-bond acceptors (Lipinski definition) is 6. The number of carbonyl (C=O) groups is 1. The molecule has 2 aromatic rings. The van der Waals surface area contributed by atoms with Crippen LogP contribution in [0.5, 0.6) is 5.75 Å². The highest BCUT2D eigenvalue weighted by atomic mass is 16.5. The van der Waals surface area contributed by atoms with E-state index in [9.17, 15) is 4.79 Å². The second-order valence-corrected chi connectivity index (χ2v) is 7.78. The average molecular weight is 399 g/mol. The lowest BCUT2D eigenvalue weighted by atomic mass is 9.90. The van der Waals surface area contributed by atoms with E-state index >= 15 is 0 Å². The van der Waals surface area contributed by atoms with Crippen molar-refractivity contribution in [3.05, 3.63) is 30.2 Å². The third-order valence-corrected chi connectivity index (χ3v) is 5.74. The van der Waals surface area contributed by atoms with Gasteiger partial charge < -0.3 is 18.9 Å². The van der Waals surface area contributed by atoms with E-state index in [1.54, 1.807) is 0 Å². The first-order valence-corrected chi connectivity index (χ1v) is 10.7. The molecule has 1 aromatic carbocycles. The summed E-state index contributed by atoms with van der Waals surface area (Å²) in [4.78, 5) is 19.1. The maximum atomic E-state index is 12.7. The van der Waals surface area contributed by atoms with Crippen molar-refractivity contribution < 1.29 is 18.8 Å². The summed E-state index contributed by atoms with van der Waals surface area (Å²) in [5.41, 5.74) is 0.869.